The number of carboxylic acid groups (broad SMARTS) is 1. The number of hydrogen-bond donors (Lipinski definition) is 2. The van der Waals surface area contributed by atoms with Crippen molar-refractivity contribution in [3.8, 4) is 5.75 Å². The summed E-state index contributed by atoms with van der Waals surface area (Å²) in [6.45, 7) is 0. The van der Waals surface area contributed by atoms with Crippen LogP contribution in [0.25, 0.3) is 6.08 Å². The Morgan fingerprint density at radius 3 is 2.74 bits per heavy atom. The highest BCUT2D eigenvalue weighted by Crippen LogP contribution is 2.35. The molecule has 0 spiro atoms. The van der Waals surface area contributed by atoms with Crippen LogP contribution < -0.4 is 0 Å². The summed E-state index contributed by atoms with van der Waals surface area (Å²) in [7, 11) is 1.57. The molecule has 1 aliphatic rings. The van der Waals surface area contributed by atoms with Crippen LogP contribution in [0.2, 0.25) is 5.02 Å². The van der Waals surface area contributed by atoms with E-state index in [4.69, 9.17) is 16.7 Å². The van der Waals surface area contributed by atoms with Crippen LogP contribution >= 0.6 is 39.3 Å². The van der Waals surface area contributed by atoms with Crippen LogP contribution in [0.1, 0.15) is 15.9 Å². The smallest absolute Gasteiger partial charge is 0.337 e. The third kappa shape index (κ3) is 4.18. The van der Waals surface area contributed by atoms with Crippen molar-refractivity contribution >= 4 is 68.1 Å². The minimum absolute atomic E-state index is 0.0518. The van der Waals surface area contributed by atoms with Gasteiger partial charge in [0.05, 0.1) is 21.2 Å². The van der Waals surface area contributed by atoms with Crippen LogP contribution in [-0.2, 0) is 4.79 Å². The molecule has 1 aliphatic heterocycles. The molecule has 27 heavy (non-hydrogen) atoms. The molecule has 2 aromatic carbocycles. The molecular formula is C18H12BrClN2O4S. The molecule has 0 radical (unpaired) electrons. The van der Waals surface area contributed by atoms with E-state index in [1.165, 1.54) is 23.1 Å². The fourth-order valence-corrected chi connectivity index (χ4v) is 3.85. The number of amides is 1. The number of aromatic carboxylic acids is 1. The Kier molecular flexibility index (Phi) is 5.59. The molecule has 0 aliphatic carbocycles. The molecule has 3 rings (SSSR count). The lowest BCUT2D eigenvalue weighted by atomic mass is 10.2. The summed E-state index contributed by atoms with van der Waals surface area (Å²) in [5.74, 6) is -1.38. The van der Waals surface area contributed by atoms with Gasteiger partial charge in [-0.2, -0.15) is 0 Å². The SMILES string of the molecule is CN1C(=O)/C(=C/c2cc(Br)ccc2O)SC1=Nc1ccc(Cl)c(C(=O)O)c1. The number of carbonyl (C=O) groups excluding carboxylic acids is 1. The molecule has 0 aromatic heterocycles. The first-order valence-corrected chi connectivity index (χ1v) is 9.52. The predicted molar refractivity (Wildman–Crippen MR) is 110 cm³/mol. The molecule has 0 bridgehead atoms. The topological polar surface area (TPSA) is 90.2 Å². The standard InChI is InChI=1S/C18H12BrClN2O4S/c1-22-16(24)15(7-9-6-10(19)2-5-14(9)23)27-18(22)21-11-3-4-13(20)12(8-11)17(25)26/h2-8,23H,1H3,(H,25,26)/b15-7-,21-18?. The lowest BCUT2D eigenvalue weighted by molar-refractivity contribution is -0.121. The van der Waals surface area contributed by atoms with Gasteiger partial charge in [0.2, 0.25) is 0 Å². The Balaban J connectivity index is 1.95. The van der Waals surface area contributed by atoms with Gasteiger partial charge < -0.3 is 10.2 Å². The molecule has 1 amide bonds. The summed E-state index contributed by atoms with van der Waals surface area (Å²) < 4.78 is 0.771. The summed E-state index contributed by atoms with van der Waals surface area (Å²) in [5, 5.41) is 19.6. The Morgan fingerprint density at radius 2 is 2.04 bits per heavy atom. The lowest BCUT2D eigenvalue weighted by Gasteiger charge is -2.07. The number of likely N-dealkylation sites (N-methyl/N-ethyl adjacent to an activating group) is 1. The summed E-state index contributed by atoms with van der Waals surface area (Å²) in [6, 6.07) is 9.29. The van der Waals surface area contributed by atoms with Crippen molar-refractivity contribution in [2.24, 2.45) is 4.99 Å². The van der Waals surface area contributed by atoms with Gasteiger partial charge in [0.25, 0.3) is 5.91 Å². The van der Waals surface area contributed by atoms with Gasteiger partial charge >= 0.3 is 5.97 Å². The van der Waals surface area contributed by atoms with E-state index in [1.807, 2.05) is 0 Å². The fraction of sp³-hybridized carbons (Fsp3) is 0.0556. The average Bonchev–Trinajstić information content (AvgIpc) is 2.87. The molecule has 6 nitrogen and oxygen atoms in total. The quantitative estimate of drug-likeness (QED) is 0.636. The minimum Gasteiger partial charge on any atom is -0.507 e. The number of aromatic hydroxyl groups is 1. The number of halogens is 2. The maximum absolute atomic E-state index is 12.5. The molecule has 2 aromatic rings. The second-order valence-corrected chi connectivity index (χ2v) is 7.87. The van der Waals surface area contributed by atoms with E-state index < -0.39 is 5.97 Å². The van der Waals surface area contributed by atoms with Crippen LogP contribution in [0.4, 0.5) is 5.69 Å². The third-order valence-electron chi connectivity index (χ3n) is 3.68. The largest absolute Gasteiger partial charge is 0.507 e. The van der Waals surface area contributed by atoms with Gasteiger partial charge in [-0.1, -0.05) is 27.5 Å². The van der Waals surface area contributed by atoms with E-state index in [-0.39, 0.29) is 22.2 Å². The van der Waals surface area contributed by atoms with Crippen LogP contribution in [0.15, 0.2) is 50.8 Å². The number of thioether (sulfide) groups is 1. The van der Waals surface area contributed by atoms with Crippen molar-refractivity contribution in [1.82, 2.24) is 4.90 Å². The first-order chi connectivity index (χ1) is 12.8. The van der Waals surface area contributed by atoms with Gasteiger partial charge in [-0.15, -0.1) is 0 Å². The second kappa shape index (κ2) is 7.75. The van der Waals surface area contributed by atoms with E-state index in [1.54, 1.807) is 31.3 Å². The number of rotatable bonds is 3. The first-order valence-electron chi connectivity index (χ1n) is 7.54. The zero-order chi connectivity index (χ0) is 19.7. The van der Waals surface area contributed by atoms with Crippen LogP contribution in [-0.4, -0.2) is 39.2 Å². The van der Waals surface area contributed by atoms with Gasteiger partial charge in [-0.3, -0.25) is 9.69 Å². The fourth-order valence-electron chi connectivity index (χ4n) is 2.29. The van der Waals surface area contributed by atoms with E-state index in [2.05, 4.69) is 20.9 Å². The molecule has 1 saturated heterocycles. The van der Waals surface area contributed by atoms with Crippen LogP contribution in [0, 0.1) is 0 Å². The maximum Gasteiger partial charge on any atom is 0.337 e. The zero-order valence-corrected chi connectivity index (χ0v) is 17.0. The number of hydrogen-bond acceptors (Lipinski definition) is 5. The van der Waals surface area contributed by atoms with Crippen LogP contribution in [0.5, 0.6) is 5.75 Å². The number of nitrogens with zero attached hydrogens (tertiary/aromatic N) is 2. The number of aliphatic imine (C=N–C) groups is 1. The van der Waals surface area contributed by atoms with Gasteiger partial charge in [0.1, 0.15) is 5.75 Å². The third-order valence-corrected chi connectivity index (χ3v) is 5.57. The average molecular weight is 468 g/mol. The van der Waals surface area contributed by atoms with Gasteiger partial charge in [-0.05, 0) is 54.2 Å². The van der Waals surface area contributed by atoms with Crippen molar-refractivity contribution in [2.45, 2.75) is 0 Å². The summed E-state index contributed by atoms with van der Waals surface area (Å²) in [4.78, 5) is 29.8. The molecule has 1 fully saturated rings. The number of amidine groups is 1. The Hall–Kier alpha value is -2.29. The molecule has 0 saturated carbocycles. The molecule has 138 valence electrons. The molecule has 2 N–H and O–H groups in total. The predicted octanol–water partition coefficient (Wildman–Crippen LogP) is 4.74. The van der Waals surface area contributed by atoms with Crippen molar-refractivity contribution in [3.63, 3.8) is 0 Å². The summed E-state index contributed by atoms with van der Waals surface area (Å²) >= 11 is 10.3. The number of carboxylic acids is 1. The second-order valence-electron chi connectivity index (χ2n) is 5.54. The zero-order valence-electron chi connectivity index (χ0n) is 13.8. The summed E-state index contributed by atoms with van der Waals surface area (Å²) in [6.07, 6.45) is 1.58. The highest BCUT2D eigenvalue weighted by molar-refractivity contribution is 9.10. The minimum atomic E-state index is -1.16. The Labute approximate surface area is 172 Å². The first kappa shape index (κ1) is 19.5. The van der Waals surface area contributed by atoms with Crippen molar-refractivity contribution in [2.75, 3.05) is 7.05 Å². The van der Waals surface area contributed by atoms with E-state index in [0.717, 1.165) is 16.2 Å². The maximum atomic E-state index is 12.5. The molecule has 0 unspecified atom stereocenters. The highest BCUT2D eigenvalue weighted by Gasteiger charge is 2.30. The van der Waals surface area contributed by atoms with Crippen molar-refractivity contribution in [1.29, 1.82) is 0 Å². The number of phenolic OH excluding ortho intramolecular Hbond substituents is 1. The van der Waals surface area contributed by atoms with Gasteiger partial charge in [-0.25, -0.2) is 9.79 Å². The van der Waals surface area contributed by atoms with E-state index in [9.17, 15) is 14.7 Å². The van der Waals surface area contributed by atoms with E-state index >= 15 is 0 Å². The molecule has 1 heterocycles. The van der Waals surface area contributed by atoms with Crippen molar-refractivity contribution in [3.05, 3.63) is 61.9 Å². The highest BCUT2D eigenvalue weighted by atomic mass is 79.9. The Morgan fingerprint density at radius 1 is 1.30 bits per heavy atom. The number of carbonyl (C=O) groups is 2. The van der Waals surface area contributed by atoms with Crippen molar-refractivity contribution < 1.29 is 19.8 Å². The molecule has 0 atom stereocenters. The molecular weight excluding hydrogens is 456 g/mol. The van der Waals surface area contributed by atoms with Gasteiger partial charge in [0, 0.05) is 17.1 Å². The van der Waals surface area contributed by atoms with Crippen LogP contribution in [0.3, 0.4) is 0 Å². The normalized spacial score (nSPS) is 17.1. The molecule has 9 heteroatoms. The Bertz CT molecular complexity index is 1020. The lowest BCUT2D eigenvalue weighted by Crippen LogP contribution is -2.23. The number of benzene rings is 2. The number of phenols is 1. The monoisotopic (exact) mass is 466 g/mol. The van der Waals surface area contributed by atoms with Gasteiger partial charge in [0.15, 0.2) is 5.17 Å². The summed E-state index contributed by atoms with van der Waals surface area (Å²) in [5.41, 5.74) is 0.797. The van der Waals surface area contributed by atoms with E-state index in [0.29, 0.717) is 21.3 Å².